The van der Waals surface area contributed by atoms with Crippen molar-refractivity contribution in [3.05, 3.63) is 55.4 Å². The zero-order valence-corrected chi connectivity index (χ0v) is 17.5. The van der Waals surface area contributed by atoms with Gasteiger partial charge in [0.15, 0.2) is 0 Å². The van der Waals surface area contributed by atoms with Gasteiger partial charge >= 0.3 is 0 Å². The first-order valence-corrected chi connectivity index (χ1v) is 10.1. The third kappa shape index (κ3) is 5.41. The Morgan fingerprint density at radius 1 is 1.14 bits per heavy atom. The Hall–Kier alpha value is -2.73. The standard InChI is InChI=1S/C15H13FN4.C8H17N/c1-3-17-15-6-11-4-10(12-7-19-20(2)9-12)5-14(16)13(11)8-18-15;1-9(2)8-6-4-3-5-7-8/h3-9H,1H2,2H3,(H,17,18);8H,3-7H2,1-2H3. The average molecular weight is 396 g/mol. The molecule has 2 aromatic heterocycles. The molecule has 1 aliphatic rings. The molecule has 0 amide bonds. The number of pyridine rings is 1. The first-order chi connectivity index (χ1) is 14.0. The first-order valence-electron chi connectivity index (χ1n) is 10.1. The van der Waals surface area contributed by atoms with Crippen LogP contribution in [0.25, 0.3) is 21.9 Å². The molecule has 2 heterocycles. The molecule has 3 aromatic rings. The van der Waals surface area contributed by atoms with Crippen molar-refractivity contribution < 1.29 is 4.39 Å². The zero-order chi connectivity index (χ0) is 20.8. The number of anilines is 1. The largest absolute Gasteiger partial charge is 0.347 e. The van der Waals surface area contributed by atoms with Gasteiger partial charge in [-0.3, -0.25) is 4.68 Å². The lowest BCUT2D eigenvalue weighted by Crippen LogP contribution is -2.29. The monoisotopic (exact) mass is 395 g/mol. The minimum Gasteiger partial charge on any atom is -0.347 e. The second kappa shape index (κ2) is 9.65. The molecule has 5 nitrogen and oxygen atoms in total. The van der Waals surface area contributed by atoms with Crippen LogP contribution in [0.4, 0.5) is 10.2 Å². The van der Waals surface area contributed by atoms with Crippen molar-refractivity contribution in [1.82, 2.24) is 19.7 Å². The molecule has 154 valence electrons. The second-order valence-electron chi connectivity index (χ2n) is 7.76. The summed E-state index contributed by atoms with van der Waals surface area (Å²) in [7, 11) is 6.21. The summed E-state index contributed by atoms with van der Waals surface area (Å²) >= 11 is 0. The fourth-order valence-electron chi connectivity index (χ4n) is 3.73. The molecule has 1 aromatic carbocycles. The molecule has 0 unspecified atom stereocenters. The van der Waals surface area contributed by atoms with Crippen LogP contribution >= 0.6 is 0 Å². The Morgan fingerprint density at radius 3 is 2.48 bits per heavy atom. The van der Waals surface area contributed by atoms with E-state index in [1.165, 1.54) is 50.6 Å². The molecule has 0 saturated heterocycles. The SMILES string of the molecule is C=CNc1cc2cc(-c3cnn(C)c3)cc(F)c2cn1.CN(C)C1CCCCC1. The summed E-state index contributed by atoms with van der Waals surface area (Å²) in [5.74, 6) is 0.342. The minimum absolute atomic E-state index is 0.293. The van der Waals surface area contributed by atoms with Crippen molar-refractivity contribution in [3.63, 3.8) is 0 Å². The molecule has 1 aliphatic carbocycles. The maximum Gasteiger partial charge on any atom is 0.133 e. The van der Waals surface area contributed by atoms with Crippen LogP contribution in [0.5, 0.6) is 0 Å². The van der Waals surface area contributed by atoms with E-state index in [1.807, 2.05) is 19.3 Å². The smallest absolute Gasteiger partial charge is 0.133 e. The third-order valence-corrected chi connectivity index (χ3v) is 5.38. The van der Waals surface area contributed by atoms with Gasteiger partial charge in [-0.25, -0.2) is 9.37 Å². The highest BCUT2D eigenvalue weighted by Crippen LogP contribution is 2.27. The Morgan fingerprint density at radius 2 is 1.90 bits per heavy atom. The number of halogens is 1. The molecule has 1 N–H and O–H groups in total. The van der Waals surface area contributed by atoms with Gasteiger partial charge in [-0.15, -0.1) is 0 Å². The van der Waals surface area contributed by atoms with Crippen LogP contribution in [0.3, 0.4) is 0 Å². The number of benzene rings is 1. The highest BCUT2D eigenvalue weighted by atomic mass is 19.1. The van der Waals surface area contributed by atoms with Crippen LogP contribution in [0.15, 0.2) is 49.6 Å². The van der Waals surface area contributed by atoms with Gasteiger partial charge in [0.25, 0.3) is 0 Å². The van der Waals surface area contributed by atoms with Crippen molar-refractivity contribution in [3.8, 4) is 11.1 Å². The van der Waals surface area contributed by atoms with Gasteiger partial charge in [0.05, 0.1) is 6.20 Å². The maximum atomic E-state index is 14.1. The number of hydrogen-bond donors (Lipinski definition) is 1. The summed E-state index contributed by atoms with van der Waals surface area (Å²) in [6.07, 6.45) is 13.8. The fraction of sp³-hybridized carbons (Fsp3) is 0.391. The summed E-state index contributed by atoms with van der Waals surface area (Å²) in [4.78, 5) is 6.49. The summed E-state index contributed by atoms with van der Waals surface area (Å²) in [5.41, 5.74) is 1.67. The second-order valence-corrected chi connectivity index (χ2v) is 7.76. The van der Waals surface area contributed by atoms with Gasteiger partial charge in [0.2, 0.25) is 0 Å². The van der Waals surface area contributed by atoms with Crippen LogP contribution in [0.2, 0.25) is 0 Å². The topological polar surface area (TPSA) is 46.0 Å². The molecule has 1 saturated carbocycles. The number of nitrogens with zero attached hydrogens (tertiary/aromatic N) is 4. The van der Waals surface area contributed by atoms with E-state index in [-0.39, 0.29) is 5.82 Å². The highest BCUT2D eigenvalue weighted by Gasteiger charge is 2.14. The van der Waals surface area contributed by atoms with Crippen LogP contribution in [0.1, 0.15) is 32.1 Å². The van der Waals surface area contributed by atoms with Crippen molar-refractivity contribution in [1.29, 1.82) is 0 Å². The molecule has 0 bridgehead atoms. The van der Waals surface area contributed by atoms with Crippen LogP contribution < -0.4 is 5.32 Å². The van der Waals surface area contributed by atoms with Crippen LogP contribution in [-0.2, 0) is 7.05 Å². The number of rotatable bonds is 4. The molecule has 0 radical (unpaired) electrons. The van der Waals surface area contributed by atoms with Gasteiger partial charge < -0.3 is 10.2 Å². The number of hydrogen-bond acceptors (Lipinski definition) is 4. The first kappa shape index (κ1) is 21.0. The Bertz CT molecular complexity index is 957. The van der Waals surface area contributed by atoms with E-state index in [4.69, 9.17) is 0 Å². The van der Waals surface area contributed by atoms with Crippen LogP contribution in [-0.4, -0.2) is 39.8 Å². The molecule has 0 atom stereocenters. The molecule has 0 spiro atoms. The normalized spacial score (nSPS) is 14.5. The van der Waals surface area contributed by atoms with Gasteiger partial charge in [0.1, 0.15) is 11.6 Å². The van der Waals surface area contributed by atoms with E-state index in [2.05, 4.69) is 41.0 Å². The van der Waals surface area contributed by atoms with E-state index in [0.717, 1.165) is 22.6 Å². The number of nitrogens with one attached hydrogen (secondary N) is 1. The van der Waals surface area contributed by atoms with Crippen molar-refractivity contribution >= 4 is 16.6 Å². The molecule has 0 aliphatic heterocycles. The van der Waals surface area contributed by atoms with Gasteiger partial charge in [-0.2, -0.15) is 5.10 Å². The predicted octanol–water partition coefficient (Wildman–Crippen LogP) is 5.21. The van der Waals surface area contributed by atoms with Gasteiger partial charge in [0, 0.05) is 36.4 Å². The van der Waals surface area contributed by atoms with E-state index in [0.29, 0.717) is 11.2 Å². The number of aryl methyl sites for hydroxylation is 1. The molecule has 4 rings (SSSR count). The molecule has 6 heteroatoms. The predicted molar refractivity (Wildman–Crippen MR) is 118 cm³/mol. The lowest BCUT2D eigenvalue weighted by molar-refractivity contribution is 0.229. The minimum atomic E-state index is -0.293. The Labute approximate surface area is 172 Å². The third-order valence-electron chi connectivity index (χ3n) is 5.38. The number of aromatic nitrogens is 3. The molecule has 29 heavy (non-hydrogen) atoms. The van der Waals surface area contributed by atoms with E-state index in [9.17, 15) is 4.39 Å². The molecular weight excluding hydrogens is 365 g/mol. The lowest BCUT2D eigenvalue weighted by Gasteiger charge is -2.27. The molecule has 1 fully saturated rings. The lowest BCUT2D eigenvalue weighted by atomic mass is 9.95. The van der Waals surface area contributed by atoms with Crippen molar-refractivity contribution in [2.75, 3.05) is 19.4 Å². The van der Waals surface area contributed by atoms with E-state index < -0.39 is 0 Å². The van der Waals surface area contributed by atoms with Gasteiger partial charge in [-0.05, 0) is 62.3 Å². The number of fused-ring (bicyclic) bond motifs is 1. The summed E-state index contributed by atoms with van der Waals surface area (Å²) < 4.78 is 15.8. The van der Waals surface area contributed by atoms with Crippen LogP contribution in [0, 0.1) is 5.82 Å². The summed E-state index contributed by atoms with van der Waals surface area (Å²) in [5, 5.41) is 8.28. The average Bonchev–Trinajstić information content (AvgIpc) is 3.15. The highest BCUT2D eigenvalue weighted by molar-refractivity contribution is 5.89. The quantitative estimate of drug-likeness (QED) is 0.659. The zero-order valence-electron chi connectivity index (χ0n) is 17.5. The van der Waals surface area contributed by atoms with Gasteiger partial charge in [-0.1, -0.05) is 25.8 Å². The molecular formula is C23H30FN5. The summed E-state index contributed by atoms with van der Waals surface area (Å²) in [6, 6.07) is 6.10. The van der Waals surface area contributed by atoms with E-state index in [1.54, 1.807) is 16.9 Å². The van der Waals surface area contributed by atoms with Crippen molar-refractivity contribution in [2.24, 2.45) is 7.05 Å². The fourth-order valence-corrected chi connectivity index (χ4v) is 3.73. The van der Waals surface area contributed by atoms with Crippen molar-refractivity contribution in [2.45, 2.75) is 38.1 Å². The van der Waals surface area contributed by atoms with E-state index >= 15 is 0 Å². The Balaban J connectivity index is 0.000000224. The Kier molecular flexibility index (Phi) is 6.99. The maximum absolute atomic E-state index is 14.1. The summed E-state index contributed by atoms with van der Waals surface area (Å²) in [6.45, 7) is 3.59.